The molecular weight excluding hydrogens is 388 g/mol. The average molecular weight is 443 g/mol. The van der Waals surface area contributed by atoms with Crippen molar-refractivity contribution in [3.63, 3.8) is 0 Å². The quantitative estimate of drug-likeness (QED) is 0.185. The zero-order valence-electron chi connectivity index (χ0n) is 20.9. The van der Waals surface area contributed by atoms with Crippen LogP contribution >= 0.6 is 0 Å². The van der Waals surface area contributed by atoms with E-state index in [0.717, 1.165) is 0 Å². The fourth-order valence-electron chi connectivity index (χ4n) is 4.58. The molecule has 0 spiro atoms. The fraction of sp³-hybridized carbons (Fsp3) is 1.00. The van der Waals surface area contributed by atoms with Gasteiger partial charge in [-0.2, -0.15) is 0 Å². The summed E-state index contributed by atoms with van der Waals surface area (Å²) in [6.07, 6.45) is 22.2. The third-order valence-electron chi connectivity index (χ3n) is 6.80. The molecule has 4 nitrogen and oxygen atoms in total. The van der Waals surface area contributed by atoms with Gasteiger partial charge < -0.3 is 19.7 Å². The fourth-order valence-corrected chi connectivity index (χ4v) is 4.58. The van der Waals surface area contributed by atoms with Crippen LogP contribution in [0.15, 0.2) is 0 Å². The van der Waals surface area contributed by atoms with Crippen molar-refractivity contribution in [2.45, 2.75) is 154 Å². The van der Waals surface area contributed by atoms with Crippen molar-refractivity contribution in [3.8, 4) is 0 Å². The molecule has 1 aliphatic rings. The predicted molar refractivity (Wildman–Crippen MR) is 130 cm³/mol. The first-order chi connectivity index (χ1) is 15.2. The lowest BCUT2D eigenvalue weighted by molar-refractivity contribution is -0.246. The molecule has 0 amide bonds. The van der Waals surface area contributed by atoms with Gasteiger partial charge >= 0.3 is 0 Å². The highest BCUT2D eigenvalue weighted by atomic mass is 16.7. The van der Waals surface area contributed by atoms with Crippen LogP contribution < -0.4 is 0 Å². The molecule has 186 valence electrons. The Morgan fingerprint density at radius 2 is 1.16 bits per heavy atom. The number of aliphatic hydroxyl groups is 2. The number of unbranched alkanes of at least 4 members (excludes halogenated alkanes) is 14. The summed E-state index contributed by atoms with van der Waals surface area (Å²) in [4.78, 5) is 0. The average Bonchev–Trinajstić information content (AvgIpc) is 2.77. The molecule has 2 N–H and O–H groups in total. The maximum absolute atomic E-state index is 10.1. The Balaban J connectivity index is 2.20. The third-order valence-corrected chi connectivity index (χ3v) is 6.80. The maximum Gasteiger partial charge on any atom is 0.185 e. The summed E-state index contributed by atoms with van der Waals surface area (Å²) >= 11 is 0. The lowest BCUT2D eigenvalue weighted by Crippen LogP contribution is -2.46. The highest BCUT2D eigenvalue weighted by Crippen LogP contribution is 2.23. The molecule has 4 heteroatoms. The number of ether oxygens (including phenoxy) is 2. The van der Waals surface area contributed by atoms with Gasteiger partial charge in [0.2, 0.25) is 0 Å². The van der Waals surface area contributed by atoms with E-state index in [1.807, 2.05) is 0 Å². The van der Waals surface area contributed by atoms with E-state index in [2.05, 4.69) is 13.8 Å². The Hall–Kier alpha value is -0.160. The van der Waals surface area contributed by atoms with Crippen LogP contribution in [-0.2, 0) is 9.47 Å². The SMILES string of the molecule is CCCCCCCCCCCCC(CCCCCCCC)COC1OCCC(O)C1O. The zero-order valence-corrected chi connectivity index (χ0v) is 20.9. The minimum atomic E-state index is -0.916. The molecule has 0 aromatic heterocycles. The normalized spacial score (nSPS) is 22.6. The van der Waals surface area contributed by atoms with Gasteiger partial charge in [0.05, 0.1) is 19.3 Å². The van der Waals surface area contributed by atoms with Crippen LogP contribution in [0.1, 0.15) is 136 Å². The molecule has 0 radical (unpaired) electrons. The highest BCUT2D eigenvalue weighted by Gasteiger charge is 2.32. The topological polar surface area (TPSA) is 58.9 Å². The Morgan fingerprint density at radius 1 is 0.710 bits per heavy atom. The first-order valence-electron chi connectivity index (χ1n) is 13.8. The molecule has 0 aromatic rings. The van der Waals surface area contributed by atoms with Crippen LogP contribution in [0.5, 0.6) is 0 Å². The van der Waals surface area contributed by atoms with Crippen molar-refractivity contribution in [2.75, 3.05) is 13.2 Å². The maximum atomic E-state index is 10.1. The van der Waals surface area contributed by atoms with Gasteiger partial charge in [-0.1, -0.05) is 117 Å². The van der Waals surface area contributed by atoms with Crippen LogP contribution in [0.2, 0.25) is 0 Å². The Kier molecular flexibility index (Phi) is 19.0. The highest BCUT2D eigenvalue weighted by molar-refractivity contribution is 4.75. The van der Waals surface area contributed by atoms with E-state index in [0.29, 0.717) is 25.6 Å². The molecule has 1 saturated heterocycles. The predicted octanol–water partition coefficient (Wildman–Crippen LogP) is 7.15. The second-order valence-electron chi connectivity index (χ2n) is 9.81. The van der Waals surface area contributed by atoms with Crippen molar-refractivity contribution in [1.29, 1.82) is 0 Å². The number of hydrogen-bond acceptors (Lipinski definition) is 4. The Labute approximate surface area is 193 Å². The van der Waals surface area contributed by atoms with Crippen LogP contribution in [-0.4, -0.2) is 41.9 Å². The lowest BCUT2D eigenvalue weighted by atomic mass is 9.94. The van der Waals surface area contributed by atoms with E-state index in [-0.39, 0.29) is 0 Å². The first kappa shape index (κ1) is 28.9. The molecule has 4 atom stereocenters. The van der Waals surface area contributed by atoms with Crippen LogP contribution in [0.25, 0.3) is 0 Å². The molecule has 1 rings (SSSR count). The van der Waals surface area contributed by atoms with Crippen molar-refractivity contribution < 1.29 is 19.7 Å². The van der Waals surface area contributed by atoms with Crippen LogP contribution in [0.4, 0.5) is 0 Å². The van der Waals surface area contributed by atoms with Gasteiger partial charge in [-0.3, -0.25) is 0 Å². The van der Waals surface area contributed by atoms with E-state index < -0.39 is 18.5 Å². The van der Waals surface area contributed by atoms with E-state index in [1.54, 1.807) is 0 Å². The van der Waals surface area contributed by atoms with Crippen molar-refractivity contribution in [1.82, 2.24) is 0 Å². The second kappa shape index (κ2) is 20.4. The first-order valence-corrected chi connectivity index (χ1v) is 13.8. The van der Waals surface area contributed by atoms with Gasteiger partial charge in [0.1, 0.15) is 6.10 Å². The lowest BCUT2D eigenvalue weighted by Gasteiger charge is -2.32. The molecule has 0 aromatic carbocycles. The summed E-state index contributed by atoms with van der Waals surface area (Å²) < 4.78 is 11.5. The number of hydrogen-bond donors (Lipinski definition) is 2. The Morgan fingerprint density at radius 3 is 1.65 bits per heavy atom. The van der Waals surface area contributed by atoms with Gasteiger partial charge in [0.15, 0.2) is 6.29 Å². The van der Waals surface area contributed by atoms with E-state index in [4.69, 9.17) is 9.47 Å². The monoisotopic (exact) mass is 442 g/mol. The molecule has 31 heavy (non-hydrogen) atoms. The number of aliphatic hydroxyl groups excluding tert-OH is 2. The summed E-state index contributed by atoms with van der Waals surface area (Å²) in [5.74, 6) is 0.537. The Bertz CT molecular complexity index is 376. The molecule has 4 unspecified atom stereocenters. The van der Waals surface area contributed by atoms with Gasteiger partial charge in [0, 0.05) is 0 Å². The summed E-state index contributed by atoms with van der Waals surface area (Å²) in [5.41, 5.74) is 0. The van der Waals surface area contributed by atoms with E-state index in [1.165, 1.54) is 116 Å². The standard InChI is InChI=1S/C27H54O4/c1-3-5-7-9-11-12-13-14-16-18-20-24(19-17-15-10-8-6-4-2)23-31-27-26(29)25(28)21-22-30-27/h24-29H,3-23H2,1-2H3. The second-order valence-corrected chi connectivity index (χ2v) is 9.81. The molecule has 0 aliphatic carbocycles. The van der Waals surface area contributed by atoms with Gasteiger partial charge in [-0.05, 0) is 25.2 Å². The third kappa shape index (κ3) is 15.3. The zero-order chi connectivity index (χ0) is 22.6. The molecule has 1 heterocycles. The van der Waals surface area contributed by atoms with Gasteiger partial charge in [0.25, 0.3) is 0 Å². The molecule has 0 bridgehead atoms. The summed E-state index contributed by atoms with van der Waals surface area (Å²) in [5, 5.41) is 20.0. The van der Waals surface area contributed by atoms with E-state index in [9.17, 15) is 10.2 Å². The van der Waals surface area contributed by atoms with Crippen molar-refractivity contribution in [2.24, 2.45) is 5.92 Å². The van der Waals surface area contributed by atoms with Crippen molar-refractivity contribution in [3.05, 3.63) is 0 Å². The largest absolute Gasteiger partial charge is 0.390 e. The van der Waals surface area contributed by atoms with Gasteiger partial charge in [-0.25, -0.2) is 0 Å². The molecule has 1 aliphatic heterocycles. The van der Waals surface area contributed by atoms with Crippen molar-refractivity contribution >= 4 is 0 Å². The van der Waals surface area contributed by atoms with Gasteiger partial charge in [-0.15, -0.1) is 0 Å². The minimum absolute atomic E-state index is 0.462. The van der Waals surface area contributed by atoms with E-state index >= 15 is 0 Å². The molecule has 1 fully saturated rings. The number of rotatable bonds is 21. The van der Waals surface area contributed by atoms with Crippen LogP contribution in [0.3, 0.4) is 0 Å². The van der Waals surface area contributed by atoms with Crippen LogP contribution in [0, 0.1) is 5.92 Å². The summed E-state index contributed by atoms with van der Waals surface area (Å²) in [7, 11) is 0. The summed E-state index contributed by atoms with van der Waals surface area (Å²) in [6.45, 7) is 5.64. The molecule has 0 saturated carbocycles. The molecular formula is C27H54O4. The summed E-state index contributed by atoms with van der Waals surface area (Å²) in [6, 6.07) is 0. The minimum Gasteiger partial charge on any atom is -0.390 e. The smallest absolute Gasteiger partial charge is 0.185 e.